The highest BCUT2D eigenvalue weighted by Crippen LogP contribution is 2.42. The zero-order valence-corrected chi connectivity index (χ0v) is 11.5. The molecule has 2 rings (SSSR count). The third kappa shape index (κ3) is 3.08. The number of nitrogens with two attached hydrogens (primary N) is 1. The van der Waals surface area contributed by atoms with Gasteiger partial charge in [-0.15, -0.1) is 0 Å². The van der Waals surface area contributed by atoms with Gasteiger partial charge in [0, 0.05) is 6.04 Å². The maximum absolute atomic E-state index is 12.2. The van der Waals surface area contributed by atoms with Crippen LogP contribution in [0.5, 0.6) is 0 Å². The second-order valence-corrected chi connectivity index (χ2v) is 6.02. The second-order valence-electron chi connectivity index (χ2n) is 6.02. The summed E-state index contributed by atoms with van der Waals surface area (Å²) in [5.74, 6) is -0.229. The standard InChI is InChI=1S/C14H24N2O3/c1-9(15)14(19)16(8-12(17)18)13-10-4-2-5-11(13)7-3-6-10/h9-11,13H,2-8,15H2,1H3,(H,17,18)/t9-,10?,11?,13?/m0/s1. The molecule has 0 aromatic rings. The first-order valence-electron chi connectivity index (χ1n) is 7.28. The molecule has 19 heavy (non-hydrogen) atoms. The van der Waals surface area contributed by atoms with Crippen molar-refractivity contribution in [3.05, 3.63) is 0 Å². The SMILES string of the molecule is C[C@H](N)C(=O)N(CC(=O)O)C1C2CCCC1CCC2. The number of hydrogen-bond acceptors (Lipinski definition) is 3. The van der Waals surface area contributed by atoms with Crippen molar-refractivity contribution in [1.29, 1.82) is 0 Å². The first-order chi connectivity index (χ1) is 9.00. The lowest BCUT2D eigenvalue weighted by Crippen LogP contribution is -2.57. The molecule has 2 saturated carbocycles. The Labute approximate surface area is 114 Å². The number of carbonyl (C=O) groups is 2. The van der Waals surface area contributed by atoms with E-state index in [1.807, 2.05) is 0 Å². The summed E-state index contributed by atoms with van der Waals surface area (Å²) in [6.45, 7) is 1.42. The van der Waals surface area contributed by atoms with Crippen molar-refractivity contribution in [1.82, 2.24) is 4.90 Å². The van der Waals surface area contributed by atoms with E-state index in [0.717, 1.165) is 25.7 Å². The molecule has 0 radical (unpaired) electrons. The van der Waals surface area contributed by atoms with Crippen LogP contribution in [0.15, 0.2) is 0 Å². The van der Waals surface area contributed by atoms with Crippen LogP contribution in [0.1, 0.15) is 45.4 Å². The van der Waals surface area contributed by atoms with Gasteiger partial charge in [-0.3, -0.25) is 9.59 Å². The lowest BCUT2D eigenvalue weighted by molar-refractivity contribution is -0.150. The lowest BCUT2D eigenvalue weighted by atomic mass is 9.67. The van der Waals surface area contributed by atoms with Crippen LogP contribution in [0, 0.1) is 11.8 Å². The lowest BCUT2D eigenvalue weighted by Gasteiger charge is -2.48. The smallest absolute Gasteiger partial charge is 0.323 e. The van der Waals surface area contributed by atoms with Crippen LogP contribution in [-0.4, -0.2) is 40.5 Å². The molecule has 108 valence electrons. The van der Waals surface area contributed by atoms with Crippen LogP contribution in [-0.2, 0) is 9.59 Å². The van der Waals surface area contributed by atoms with Crippen LogP contribution in [0.3, 0.4) is 0 Å². The van der Waals surface area contributed by atoms with E-state index in [9.17, 15) is 9.59 Å². The summed E-state index contributed by atoms with van der Waals surface area (Å²) in [6, 6.07) is -0.529. The Morgan fingerprint density at radius 3 is 2.05 bits per heavy atom. The number of fused-ring (bicyclic) bond motifs is 2. The maximum Gasteiger partial charge on any atom is 0.323 e. The van der Waals surface area contributed by atoms with Gasteiger partial charge in [-0.1, -0.05) is 12.8 Å². The van der Waals surface area contributed by atoms with Gasteiger partial charge < -0.3 is 15.7 Å². The number of nitrogens with zero attached hydrogens (tertiary/aromatic N) is 1. The average molecular weight is 268 g/mol. The third-order valence-electron chi connectivity index (χ3n) is 4.60. The second kappa shape index (κ2) is 5.90. The molecule has 0 aliphatic heterocycles. The van der Waals surface area contributed by atoms with Gasteiger partial charge in [-0.2, -0.15) is 0 Å². The fraction of sp³-hybridized carbons (Fsp3) is 0.857. The molecule has 2 aliphatic rings. The molecule has 0 saturated heterocycles. The fourth-order valence-corrected chi connectivity index (χ4v) is 3.89. The molecular weight excluding hydrogens is 244 g/mol. The molecule has 3 N–H and O–H groups in total. The molecule has 2 aliphatic carbocycles. The zero-order chi connectivity index (χ0) is 14.0. The monoisotopic (exact) mass is 268 g/mol. The molecule has 2 bridgehead atoms. The Morgan fingerprint density at radius 2 is 1.68 bits per heavy atom. The normalized spacial score (nSPS) is 31.6. The summed E-state index contributed by atoms with van der Waals surface area (Å²) in [6.07, 6.45) is 6.87. The number of hydrogen-bond donors (Lipinski definition) is 2. The van der Waals surface area contributed by atoms with Gasteiger partial charge in [-0.05, 0) is 44.4 Å². The highest BCUT2D eigenvalue weighted by Gasteiger charge is 2.42. The predicted molar refractivity (Wildman–Crippen MR) is 71.5 cm³/mol. The topological polar surface area (TPSA) is 83.6 Å². The molecular formula is C14H24N2O3. The Morgan fingerprint density at radius 1 is 1.21 bits per heavy atom. The van der Waals surface area contributed by atoms with Crippen molar-refractivity contribution in [2.24, 2.45) is 17.6 Å². The van der Waals surface area contributed by atoms with E-state index in [1.165, 1.54) is 12.8 Å². The molecule has 2 fully saturated rings. The summed E-state index contributed by atoms with van der Waals surface area (Å²) in [7, 11) is 0. The van der Waals surface area contributed by atoms with Gasteiger partial charge in [0.05, 0.1) is 6.04 Å². The number of amides is 1. The van der Waals surface area contributed by atoms with Crippen molar-refractivity contribution in [2.75, 3.05) is 6.54 Å². The molecule has 0 aromatic carbocycles. The van der Waals surface area contributed by atoms with Gasteiger partial charge in [0.2, 0.25) is 5.91 Å². The minimum atomic E-state index is -0.947. The molecule has 1 amide bonds. The minimum Gasteiger partial charge on any atom is -0.480 e. The van der Waals surface area contributed by atoms with Gasteiger partial charge in [0.1, 0.15) is 6.54 Å². The largest absolute Gasteiger partial charge is 0.480 e. The predicted octanol–water partition coefficient (Wildman–Crippen LogP) is 1.22. The molecule has 5 nitrogen and oxygen atoms in total. The number of carboxylic acids is 1. The van der Waals surface area contributed by atoms with E-state index >= 15 is 0 Å². The number of aliphatic carboxylic acids is 1. The Balaban J connectivity index is 2.20. The van der Waals surface area contributed by atoms with E-state index in [2.05, 4.69) is 0 Å². The zero-order valence-electron chi connectivity index (χ0n) is 11.5. The van der Waals surface area contributed by atoms with Gasteiger partial charge in [-0.25, -0.2) is 0 Å². The molecule has 0 aromatic heterocycles. The molecule has 1 atom stereocenters. The van der Waals surface area contributed by atoms with Crippen LogP contribution in [0.4, 0.5) is 0 Å². The fourth-order valence-electron chi connectivity index (χ4n) is 3.89. The van der Waals surface area contributed by atoms with Crippen molar-refractivity contribution in [3.8, 4) is 0 Å². The summed E-state index contributed by atoms with van der Waals surface area (Å²) < 4.78 is 0. The molecule has 0 unspecified atom stereocenters. The first-order valence-corrected chi connectivity index (χ1v) is 7.28. The average Bonchev–Trinajstić information content (AvgIpc) is 2.33. The van der Waals surface area contributed by atoms with Crippen LogP contribution >= 0.6 is 0 Å². The minimum absolute atomic E-state index is 0.0945. The molecule has 0 heterocycles. The van der Waals surface area contributed by atoms with Crippen molar-refractivity contribution < 1.29 is 14.7 Å². The Kier molecular flexibility index (Phi) is 4.45. The van der Waals surface area contributed by atoms with Crippen LogP contribution in [0.25, 0.3) is 0 Å². The Hall–Kier alpha value is -1.10. The summed E-state index contributed by atoms with van der Waals surface area (Å²) in [5.41, 5.74) is 5.69. The quantitative estimate of drug-likeness (QED) is 0.803. The highest BCUT2D eigenvalue weighted by molar-refractivity contribution is 5.85. The third-order valence-corrected chi connectivity index (χ3v) is 4.60. The van der Waals surface area contributed by atoms with Crippen LogP contribution in [0.2, 0.25) is 0 Å². The number of carboxylic acid groups (broad SMARTS) is 1. The highest BCUT2D eigenvalue weighted by atomic mass is 16.4. The van der Waals surface area contributed by atoms with E-state index in [4.69, 9.17) is 10.8 Å². The van der Waals surface area contributed by atoms with Crippen molar-refractivity contribution >= 4 is 11.9 Å². The summed E-state index contributed by atoms with van der Waals surface area (Å²) >= 11 is 0. The van der Waals surface area contributed by atoms with Crippen molar-refractivity contribution in [2.45, 2.75) is 57.5 Å². The maximum atomic E-state index is 12.2. The number of carbonyl (C=O) groups excluding carboxylic acids is 1. The van der Waals surface area contributed by atoms with E-state index < -0.39 is 12.0 Å². The van der Waals surface area contributed by atoms with Gasteiger partial charge in [0.25, 0.3) is 0 Å². The number of rotatable bonds is 4. The van der Waals surface area contributed by atoms with Crippen molar-refractivity contribution in [3.63, 3.8) is 0 Å². The molecule has 0 spiro atoms. The Bertz CT molecular complexity index is 335. The van der Waals surface area contributed by atoms with E-state index in [1.54, 1.807) is 11.8 Å². The van der Waals surface area contributed by atoms with E-state index in [0.29, 0.717) is 11.8 Å². The summed E-state index contributed by atoms with van der Waals surface area (Å²) in [5, 5.41) is 9.07. The summed E-state index contributed by atoms with van der Waals surface area (Å²) in [4.78, 5) is 24.9. The van der Waals surface area contributed by atoms with Crippen LogP contribution < -0.4 is 5.73 Å². The van der Waals surface area contributed by atoms with E-state index in [-0.39, 0.29) is 18.5 Å². The first kappa shape index (κ1) is 14.3. The van der Waals surface area contributed by atoms with Gasteiger partial charge >= 0.3 is 5.97 Å². The molecule has 5 heteroatoms. The van der Waals surface area contributed by atoms with Gasteiger partial charge in [0.15, 0.2) is 0 Å².